The number of aliphatic carboxylic acids is 1. The van der Waals surface area contributed by atoms with Crippen molar-refractivity contribution in [3.05, 3.63) is 0 Å². The van der Waals surface area contributed by atoms with Gasteiger partial charge in [0.05, 0.1) is 6.54 Å². The zero-order valence-electron chi connectivity index (χ0n) is 11.7. The summed E-state index contributed by atoms with van der Waals surface area (Å²) in [6.45, 7) is 5.76. The Hall–Kier alpha value is -1.63. The van der Waals surface area contributed by atoms with Crippen molar-refractivity contribution in [3.8, 4) is 0 Å². The second kappa shape index (κ2) is 9.32. The van der Waals surface area contributed by atoms with Gasteiger partial charge in [0.15, 0.2) is 0 Å². The van der Waals surface area contributed by atoms with Crippen molar-refractivity contribution in [3.63, 3.8) is 0 Å². The molecular formula is C12H23N3O4. The van der Waals surface area contributed by atoms with E-state index < -0.39 is 23.9 Å². The molecule has 0 radical (unpaired) electrons. The minimum atomic E-state index is -1.02. The predicted octanol–water partition coefficient (Wildman–Crippen LogP) is 0.311. The molecule has 7 nitrogen and oxygen atoms in total. The van der Waals surface area contributed by atoms with Crippen LogP contribution in [0.1, 0.15) is 33.6 Å². The van der Waals surface area contributed by atoms with E-state index in [9.17, 15) is 14.4 Å². The fourth-order valence-electron chi connectivity index (χ4n) is 1.40. The molecule has 0 aliphatic heterocycles. The van der Waals surface area contributed by atoms with Crippen molar-refractivity contribution in [2.45, 2.75) is 39.7 Å². The van der Waals surface area contributed by atoms with Gasteiger partial charge in [-0.15, -0.1) is 0 Å². The van der Waals surface area contributed by atoms with Gasteiger partial charge < -0.3 is 10.4 Å². The van der Waals surface area contributed by atoms with Crippen LogP contribution >= 0.6 is 0 Å². The van der Waals surface area contributed by atoms with Crippen LogP contribution in [0.15, 0.2) is 0 Å². The van der Waals surface area contributed by atoms with E-state index in [0.717, 1.165) is 12.8 Å². The second-order valence-corrected chi connectivity index (χ2v) is 4.60. The summed E-state index contributed by atoms with van der Waals surface area (Å²) in [5, 5.41) is 16.2. The van der Waals surface area contributed by atoms with Gasteiger partial charge in [-0.2, -0.15) is 0 Å². The van der Waals surface area contributed by atoms with E-state index in [1.807, 2.05) is 6.92 Å². The first kappa shape index (κ1) is 17.4. The highest BCUT2D eigenvalue weighted by atomic mass is 16.4. The van der Waals surface area contributed by atoms with Gasteiger partial charge in [0.1, 0.15) is 6.04 Å². The predicted molar refractivity (Wildman–Crippen MR) is 70.7 cm³/mol. The van der Waals surface area contributed by atoms with Gasteiger partial charge in [-0.25, -0.2) is 4.79 Å². The summed E-state index contributed by atoms with van der Waals surface area (Å²) < 4.78 is 0. The summed E-state index contributed by atoms with van der Waals surface area (Å²) in [7, 11) is 0. The molecule has 7 heteroatoms. The lowest BCUT2D eigenvalue weighted by molar-refractivity contribution is -0.140. The van der Waals surface area contributed by atoms with Crippen molar-refractivity contribution >= 4 is 17.9 Å². The largest absolute Gasteiger partial charge is 0.480 e. The number of carboxylic acids is 1. The molecule has 1 unspecified atom stereocenters. The summed E-state index contributed by atoms with van der Waals surface area (Å²) >= 11 is 0. The van der Waals surface area contributed by atoms with Crippen LogP contribution in [-0.2, 0) is 9.59 Å². The van der Waals surface area contributed by atoms with Crippen LogP contribution in [0.3, 0.4) is 0 Å². The molecule has 4 N–H and O–H groups in total. The van der Waals surface area contributed by atoms with Gasteiger partial charge in [-0.05, 0) is 12.3 Å². The standard InChI is InChI=1S/C12H23N3O4/c1-4-5-6-13-12(19)15-9(16)7-14-10(8(2)3)11(17)18/h8,10,14H,4-7H2,1-3H3,(H,17,18)(H2,13,15,16,19). The number of hydrogen-bond donors (Lipinski definition) is 4. The maximum absolute atomic E-state index is 11.4. The third-order valence-corrected chi connectivity index (χ3v) is 2.48. The highest BCUT2D eigenvalue weighted by Crippen LogP contribution is 2.00. The first-order valence-corrected chi connectivity index (χ1v) is 6.42. The van der Waals surface area contributed by atoms with Crippen LogP contribution in [-0.4, -0.2) is 42.1 Å². The van der Waals surface area contributed by atoms with Gasteiger partial charge in [-0.1, -0.05) is 27.2 Å². The van der Waals surface area contributed by atoms with Crippen LogP contribution in [0, 0.1) is 5.92 Å². The van der Waals surface area contributed by atoms with Crippen molar-refractivity contribution < 1.29 is 19.5 Å². The monoisotopic (exact) mass is 273 g/mol. The molecule has 0 aliphatic carbocycles. The molecule has 0 heterocycles. The Bertz CT molecular complexity index is 318. The minimum Gasteiger partial charge on any atom is -0.480 e. The Labute approximate surface area is 113 Å². The number of rotatable bonds is 8. The Morgan fingerprint density at radius 3 is 2.32 bits per heavy atom. The van der Waals surface area contributed by atoms with E-state index in [1.54, 1.807) is 13.8 Å². The van der Waals surface area contributed by atoms with Crippen LogP contribution in [0.5, 0.6) is 0 Å². The molecular weight excluding hydrogens is 250 g/mol. The molecule has 0 bridgehead atoms. The minimum absolute atomic E-state index is 0.149. The van der Waals surface area contributed by atoms with E-state index in [0.29, 0.717) is 6.54 Å². The first-order chi connectivity index (χ1) is 8.88. The molecule has 0 aromatic heterocycles. The van der Waals surface area contributed by atoms with Crippen molar-refractivity contribution in [1.29, 1.82) is 0 Å². The number of imide groups is 1. The molecule has 0 saturated carbocycles. The molecule has 0 aromatic rings. The summed E-state index contributed by atoms with van der Waals surface area (Å²) in [6, 6.07) is -1.37. The SMILES string of the molecule is CCCCNC(=O)NC(=O)CNC(C(=O)O)C(C)C. The Kier molecular flexibility index (Phi) is 8.52. The quantitative estimate of drug-likeness (QED) is 0.476. The maximum atomic E-state index is 11.4. The Balaban J connectivity index is 3.97. The summed E-state index contributed by atoms with van der Waals surface area (Å²) in [6.07, 6.45) is 1.79. The van der Waals surface area contributed by atoms with E-state index in [2.05, 4.69) is 16.0 Å². The van der Waals surface area contributed by atoms with E-state index in [4.69, 9.17) is 5.11 Å². The topological polar surface area (TPSA) is 108 Å². The molecule has 0 spiro atoms. The highest BCUT2D eigenvalue weighted by molar-refractivity contribution is 5.95. The third-order valence-electron chi connectivity index (χ3n) is 2.48. The molecule has 19 heavy (non-hydrogen) atoms. The first-order valence-electron chi connectivity index (χ1n) is 6.42. The van der Waals surface area contributed by atoms with E-state index in [-0.39, 0.29) is 12.5 Å². The van der Waals surface area contributed by atoms with Crippen LogP contribution in [0.4, 0.5) is 4.79 Å². The van der Waals surface area contributed by atoms with Crippen LogP contribution in [0.2, 0.25) is 0 Å². The van der Waals surface area contributed by atoms with Gasteiger partial charge in [-0.3, -0.25) is 20.2 Å². The number of amides is 3. The zero-order valence-corrected chi connectivity index (χ0v) is 11.7. The lowest BCUT2D eigenvalue weighted by atomic mass is 10.1. The van der Waals surface area contributed by atoms with Gasteiger partial charge in [0.2, 0.25) is 5.91 Å². The summed E-state index contributed by atoms with van der Waals surface area (Å²) in [5.41, 5.74) is 0. The zero-order chi connectivity index (χ0) is 14.8. The molecule has 0 rings (SSSR count). The number of carboxylic acid groups (broad SMARTS) is 1. The van der Waals surface area contributed by atoms with Crippen LogP contribution < -0.4 is 16.0 Å². The third kappa shape index (κ3) is 8.15. The lowest BCUT2D eigenvalue weighted by Crippen LogP contribution is -2.48. The Morgan fingerprint density at radius 2 is 1.84 bits per heavy atom. The fourth-order valence-corrected chi connectivity index (χ4v) is 1.40. The maximum Gasteiger partial charge on any atom is 0.321 e. The molecule has 0 fully saturated rings. The fraction of sp³-hybridized carbons (Fsp3) is 0.750. The van der Waals surface area contributed by atoms with Crippen molar-refractivity contribution in [2.75, 3.05) is 13.1 Å². The number of hydrogen-bond acceptors (Lipinski definition) is 4. The average Bonchev–Trinajstić information content (AvgIpc) is 2.28. The molecule has 0 aromatic carbocycles. The lowest BCUT2D eigenvalue weighted by Gasteiger charge is -2.17. The smallest absolute Gasteiger partial charge is 0.321 e. The van der Waals surface area contributed by atoms with Crippen LogP contribution in [0.25, 0.3) is 0 Å². The van der Waals surface area contributed by atoms with E-state index in [1.165, 1.54) is 0 Å². The molecule has 3 amide bonds. The summed E-state index contributed by atoms with van der Waals surface area (Å²) in [5.74, 6) is -1.72. The van der Waals surface area contributed by atoms with Gasteiger partial charge in [0.25, 0.3) is 0 Å². The normalized spacial score (nSPS) is 12.0. The molecule has 110 valence electrons. The number of nitrogens with one attached hydrogen (secondary N) is 3. The van der Waals surface area contributed by atoms with Crippen molar-refractivity contribution in [1.82, 2.24) is 16.0 Å². The summed E-state index contributed by atoms with van der Waals surface area (Å²) in [4.78, 5) is 33.5. The molecule has 0 saturated heterocycles. The number of unbranched alkanes of at least 4 members (excludes halogenated alkanes) is 1. The average molecular weight is 273 g/mol. The molecule has 0 aliphatic rings. The number of carbonyl (C=O) groups is 3. The number of urea groups is 1. The second-order valence-electron chi connectivity index (χ2n) is 4.60. The van der Waals surface area contributed by atoms with Gasteiger partial charge >= 0.3 is 12.0 Å². The van der Waals surface area contributed by atoms with Gasteiger partial charge in [0, 0.05) is 6.54 Å². The Morgan fingerprint density at radius 1 is 1.21 bits per heavy atom. The van der Waals surface area contributed by atoms with Crippen molar-refractivity contribution in [2.24, 2.45) is 5.92 Å². The number of carbonyl (C=O) groups excluding carboxylic acids is 2. The molecule has 1 atom stereocenters. The highest BCUT2D eigenvalue weighted by Gasteiger charge is 2.21. The van der Waals surface area contributed by atoms with E-state index >= 15 is 0 Å².